The Morgan fingerprint density at radius 1 is 0.684 bits per heavy atom. The summed E-state index contributed by atoms with van der Waals surface area (Å²) in [4.78, 5) is 0. The highest BCUT2D eigenvalue weighted by atomic mass is 14.2. The van der Waals surface area contributed by atoms with Crippen LogP contribution in [0.1, 0.15) is 25.0 Å². The lowest BCUT2D eigenvalue weighted by atomic mass is 9.98. The topological polar surface area (TPSA) is 0 Å². The molecule has 0 heterocycles. The van der Waals surface area contributed by atoms with Crippen LogP contribution in [0.3, 0.4) is 0 Å². The van der Waals surface area contributed by atoms with Crippen molar-refractivity contribution < 1.29 is 0 Å². The number of hydrogen-bond donors (Lipinski definition) is 0. The second kappa shape index (κ2) is 4.89. The highest BCUT2D eigenvalue weighted by Crippen LogP contribution is 2.40. The van der Waals surface area contributed by atoms with E-state index in [1.165, 1.54) is 33.0 Å². The van der Waals surface area contributed by atoms with Gasteiger partial charge in [-0.25, -0.2) is 0 Å². The van der Waals surface area contributed by atoms with Crippen LogP contribution in [-0.4, -0.2) is 0 Å². The van der Waals surface area contributed by atoms with E-state index in [-0.39, 0.29) is 0 Å². The zero-order valence-electron chi connectivity index (χ0n) is 11.5. The van der Waals surface area contributed by atoms with E-state index < -0.39 is 0 Å². The van der Waals surface area contributed by atoms with Crippen LogP contribution in [0.5, 0.6) is 0 Å². The molecular weight excluding hydrogens is 228 g/mol. The van der Waals surface area contributed by atoms with Crippen molar-refractivity contribution in [2.45, 2.75) is 20.3 Å². The Bertz CT molecular complexity index is 723. The normalized spacial score (nSPS) is 11.5. The molecule has 0 unspecified atom stereocenters. The quantitative estimate of drug-likeness (QED) is 0.387. The van der Waals surface area contributed by atoms with Gasteiger partial charge in [0.25, 0.3) is 0 Å². The summed E-state index contributed by atoms with van der Waals surface area (Å²) >= 11 is 0. The van der Waals surface area contributed by atoms with E-state index >= 15 is 0 Å². The second-order valence-corrected chi connectivity index (χ2v) is 4.65. The van der Waals surface area contributed by atoms with E-state index in [1.807, 2.05) is 13.8 Å². The Labute approximate surface area is 114 Å². The maximum Gasteiger partial charge on any atom is -0.00132 e. The Morgan fingerprint density at radius 2 is 1.42 bits per heavy atom. The molecule has 0 saturated carbocycles. The summed E-state index contributed by atoms with van der Waals surface area (Å²) in [6.07, 6.45) is 1.08. The molecule has 0 heteroatoms. The number of benzene rings is 3. The third-order valence-electron chi connectivity index (χ3n) is 3.68. The van der Waals surface area contributed by atoms with Gasteiger partial charge in [-0.1, -0.05) is 74.5 Å². The van der Waals surface area contributed by atoms with Crippen LogP contribution in [0, 0.1) is 0 Å². The summed E-state index contributed by atoms with van der Waals surface area (Å²) in [6, 6.07) is 21.9. The smallest absolute Gasteiger partial charge is 0.00132 e. The molecule has 0 aromatic heterocycles. The van der Waals surface area contributed by atoms with Gasteiger partial charge >= 0.3 is 0 Å². The van der Waals surface area contributed by atoms with E-state index in [0.717, 1.165) is 6.42 Å². The lowest BCUT2D eigenvalue weighted by Gasteiger charge is -2.06. The first-order chi connectivity index (χ1) is 9.43. The van der Waals surface area contributed by atoms with Gasteiger partial charge in [0.2, 0.25) is 0 Å². The molecule has 0 saturated heterocycles. The Morgan fingerprint density at radius 3 is 2.32 bits per heavy atom. The average molecular weight is 246 g/mol. The van der Waals surface area contributed by atoms with Gasteiger partial charge in [0, 0.05) is 0 Å². The molecule has 19 heavy (non-hydrogen) atoms. The van der Waals surface area contributed by atoms with Crippen molar-refractivity contribution in [3.63, 3.8) is 0 Å². The molecule has 3 aromatic carbocycles. The van der Waals surface area contributed by atoms with E-state index in [0.29, 0.717) is 0 Å². The molecule has 0 spiro atoms. The fourth-order valence-electron chi connectivity index (χ4n) is 2.91. The summed E-state index contributed by atoms with van der Waals surface area (Å²) in [5, 5.41) is 2.72. The summed E-state index contributed by atoms with van der Waals surface area (Å²) in [7, 11) is 0. The largest absolute Gasteiger partial charge is 0.0683 e. The third kappa shape index (κ3) is 1.84. The van der Waals surface area contributed by atoms with Crippen LogP contribution in [0.15, 0.2) is 60.7 Å². The summed E-state index contributed by atoms with van der Waals surface area (Å²) in [5.41, 5.74) is 5.78. The van der Waals surface area contributed by atoms with Gasteiger partial charge in [-0.15, -0.1) is 0 Å². The number of hydrogen-bond acceptors (Lipinski definition) is 0. The van der Waals surface area contributed by atoms with Gasteiger partial charge < -0.3 is 0 Å². The molecule has 0 amide bonds. The minimum atomic E-state index is 1.08. The van der Waals surface area contributed by atoms with E-state index in [2.05, 4.69) is 60.7 Å². The maximum absolute atomic E-state index is 2.28. The molecule has 0 atom stereocenters. The first-order valence-corrected chi connectivity index (χ1v) is 7.02. The van der Waals surface area contributed by atoms with Crippen molar-refractivity contribution >= 4 is 10.8 Å². The fourth-order valence-corrected chi connectivity index (χ4v) is 2.91. The van der Waals surface area contributed by atoms with E-state index in [1.54, 1.807) is 0 Å². The molecule has 0 aliphatic heterocycles. The summed E-state index contributed by atoms with van der Waals surface area (Å²) < 4.78 is 0. The lowest BCUT2D eigenvalue weighted by Crippen LogP contribution is -1.81. The molecule has 0 fully saturated rings. The van der Waals surface area contributed by atoms with E-state index in [9.17, 15) is 0 Å². The fraction of sp³-hybridized carbons (Fsp3) is 0.158. The second-order valence-electron chi connectivity index (χ2n) is 4.65. The standard InChI is InChI=1S/C17H12.C2H6/c1-3-7-15-12(5-1)9-10-14-11-13-6-2-4-8-16(13)17(14)15;1-2/h1-10H,11H2;1-2H3. The minimum absolute atomic E-state index is 1.08. The highest BCUT2D eigenvalue weighted by Gasteiger charge is 2.19. The zero-order chi connectivity index (χ0) is 13.2. The monoisotopic (exact) mass is 246 g/mol. The molecule has 1 aliphatic rings. The number of rotatable bonds is 0. The van der Waals surface area contributed by atoms with Crippen LogP contribution in [-0.2, 0) is 6.42 Å². The molecule has 0 N–H and O–H groups in total. The zero-order valence-corrected chi connectivity index (χ0v) is 11.5. The first kappa shape index (κ1) is 12.0. The van der Waals surface area contributed by atoms with Gasteiger partial charge in [0.05, 0.1) is 0 Å². The van der Waals surface area contributed by atoms with Crippen LogP contribution in [0.2, 0.25) is 0 Å². The SMILES string of the molecule is CC.c1ccc2c(c1)Cc1ccc3ccccc3c1-2. The molecule has 0 radical (unpaired) electrons. The maximum atomic E-state index is 2.28. The molecule has 0 nitrogen and oxygen atoms in total. The van der Waals surface area contributed by atoms with Crippen molar-refractivity contribution in [2.24, 2.45) is 0 Å². The Hall–Kier alpha value is -2.08. The Balaban J connectivity index is 0.000000528. The van der Waals surface area contributed by atoms with E-state index in [4.69, 9.17) is 0 Å². The van der Waals surface area contributed by atoms with Crippen LogP contribution >= 0.6 is 0 Å². The predicted octanol–water partition coefficient (Wildman–Crippen LogP) is 5.44. The highest BCUT2D eigenvalue weighted by molar-refractivity contribution is 6.00. The molecule has 0 bridgehead atoms. The average Bonchev–Trinajstić information content (AvgIpc) is 2.88. The van der Waals surface area contributed by atoms with Crippen molar-refractivity contribution in [3.05, 3.63) is 71.8 Å². The van der Waals surface area contributed by atoms with Gasteiger partial charge in [0.1, 0.15) is 0 Å². The molecule has 4 rings (SSSR count). The third-order valence-corrected chi connectivity index (χ3v) is 3.68. The number of fused-ring (bicyclic) bond motifs is 5. The van der Waals surface area contributed by atoms with Gasteiger partial charge in [-0.05, 0) is 39.4 Å². The van der Waals surface area contributed by atoms with Crippen molar-refractivity contribution in [1.29, 1.82) is 0 Å². The lowest BCUT2D eigenvalue weighted by molar-refractivity contribution is 1.27. The molecule has 94 valence electrons. The van der Waals surface area contributed by atoms with Gasteiger partial charge in [-0.2, -0.15) is 0 Å². The summed E-state index contributed by atoms with van der Waals surface area (Å²) in [5.74, 6) is 0. The predicted molar refractivity (Wildman–Crippen MR) is 83.5 cm³/mol. The van der Waals surface area contributed by atoms with Crippen molar-refractivity contribution in [1.82, 2.24) is 0 Å². The molecular formula is C19H18. The van der Waals surface area contributed by atoms with Crippen LogP contribution < -0.4 is 0 Å². The van der Waals surface area contributed by atoms with Gasteiger partial charge in [-0.3, -0.25) is 0 Å². The first-order valence-electron chi connectivity index (χ1n) is 7.02. The van der Waals surface area contributed by atoms with Gasteiger partial charge in [0.15, 0.2) is 0 Å². The van der Waals surface area contributed by atoms with Crippen LogP contribution in [0.4, 0.5) is 0 Å². The summed E-state index contributed by atoms with van der Waals surface area (Å²) in [6.45, 7) is 4.00. The van der Waals surface area contributed by atoms with Crippen molar-refractivity contribution in [2.75, 3.05) is 0 Å². The van der Waals surface area contributed by atoms with Crippen molar-refractivity contribution in [3.8, 4) is 11.1 Å². The van der Waals surface area contributed by atoms with Crippen LogP contribution in [0.25, 0.3) is 21.9 Å². The molecule has 1 aliphatic carbocycles. The Kier molecular flexibility index (Phi) is 3.08. The minimum Gasteiger partial charge on any atom is -0.0683 e. The molecule has 3 aromatic rings.